The first-order valence-corrected chi connectivity index (χ1v) is 5.71. The molecule has 1 nitrogen and oxygen atoms in total. The van der Waals surface area contributed by atoms with E-state index in [0.717, 1.165) is 23.5 Å². The van der Waals surface area contributed by atoms with Gasteiger partial charge < -0.3 is 0 Å². The molecule has 0 aliphatic rings. The van der Waals surface area contributed by atoms with Crippen LogP contribution in [0.5, 0.6) is 0 Å². The van der Waals surface area contributed by atoms with Crippen molar-refractivity contribution in [3.05, 3.63) is 43.0 Å². The lowest BCUT2D eigenvalue weighted by Gasteiger charge is -1.99. The Balaban J connectivity index is 2.45. The molecule has 0 heterocycles. The fraction of sp³-hybridized carbons (Fsp3) is 0.273. The summed E-state index contributed by atoms with van der Waals surface area (Å²) in [6.07, 6.45) is 3.76. The summed E-state index contributed by atoms with van der Waals surface area (Å²) < 4.78 is 11.6. The molecule has 0 aliphatic heterocycles. The zero-order chi connectivity index (χ0) is 9.52. The Morgan fingerprint density at radius 2 is 2.00 bits per heavy atom. The molecule has 13 heavy (non-hydrogen) atoms. The lowest BCUT2D eigenvalue weighted by molar-refractivity contribution is 0.680. The van der Waals surface area contributed by atoms with Crippen LogP contribution >= 0.6 is 0 Å². The first-order chi connectivity index (χ1) is 6.34. The first-order valence-electron chi connectivity index (χ1n) is 4.39. The van der Waals surface area contributed by atoms with Gasteiger partial charge in [0.2, 0.25) is 0 Å². The third-order valence-corrected chi connectivity index (χ3v) is 3.20. The third kappa shape index (κ3) is 3.55. The fourth-order valence-electron chi connectivity index (χ4n) is 1.05. The van der Waals surface area contributed by atoms with Gasteiger partial charge in [-0.25, -0.2) is 0 Å². The monoisotopic (exact) mass is 194 g/mol. The van der Waals surface area contributed by atoms with Gasteiger partial charge in [0.25, 0.3) is 0 Å². The maximum atomic E-state index is 11.6. The third-order valence-electron chi connectivity index (χ3n) is 1.74. The van der Waals surface area contributed by atoms with E-state index in [1.807, 2.05) is 36.4 Å². The van der Waals surface area contributed by atoms with Gasteiger partial charge in [0, 0.05) is 10.6 Å². The van der Waals surface area contributed by atoms with E-state index in [4.69, 9.17) is 0 Å². The van der Waals surface area contributed by atoms with E-state index in [1.54, 1.807) is 0 Å². The Labute approximate surface area is 81.9 Å². The number of hydrogen-bond acceptors (Lipinski definition) is 1. The smallest absolute Gasteiger partial charge is 0.0529 e. The predicted molar refractivity (Wildman–Crippen MR) is 57.1 cm³/mol. The van der Waals surface area contributed by atoms with E-state index < -0.39 is 10.8 Å². The molecule has 0 saturated heterocycles. The molecule has 0 aliphatic carbocycles. The van der Waals surface area contributed by atoms with Crippen LogP contribution in [0.3, 0.4) is 0 Å². The minimum Gasteiger partial charge on any atom is -0.254 e. The van der Waals surface area contributed by atoms with Crippen LogP contribution in [0.1, 0.15) is 12.8 Å². The van der Waals surface area contributed by atoms with Crippen molar-refractivity contribution in [3.8, 4) is 0 Å². The van der Waals surface area contributed by atoms with Crippen LogP contribution in [-0.4, -0.2) is 9.96 Å². The van der Waals surface area contributed by atoms with Crippen molar-refractivity contribution in [2.75, 3.05) is 5.75 Å². The highest BCUT2D eigenvalue weighted by Crippen LogP contribution is 2.07. The van der Waals surface area contributed by atoms with Crippen LogP contribution in [0.25, 0.3) is 0 Å². The lowest BCUT2D eigenvalue weighted by atomic mass is 10.3. The second kappa shape index (κ2) is 5.70. The lowest BCUT2D eigenvalue weighted by Crippen LogP contribution is -1.96. The van der Waals surface area contributed by atoms with Gasteiger partial charge in [0.05, 0.1) is 10.8 Å². The van der Waals surface area contributed by atoms with Crippen LogP contribution in [0.4, 0.5) is 0 Å². The topological polar surface area (TPSA) is 17.1 Å². The molecular formula is C11H14OS. The highest BCUT2D eigenvalue weighted by atomic mass is 32.2. The van der Waals surface area contributed by atoms with Gasteiger partial charge in [0.1, 0.15) is 0 Å². The number of hydrogen-bond donors (Lipinski definition) is 0. The predicted octanol–water partition coefficient (Wildman–Crippen LogP) is 2.76. The van der Waals surface area contributed by atoms with Gasteiger partial charge in [0.15, 0.2) is 0 Å². The number of rotatable bonds is 5. The van der Waals surface area contributed by atoms with Crippen LogP contribution in [0.2, 0.25) is 0 Å². The summed E-state index contributed by atoms with van der Waals surface area (Å²) >= 11 is 0. The minimum absolute atomic E-state index is 0.732. The van der Waals surface area contributed by atoms with Gasteiger partial charge in [-0.1, -0.05) is 24.3 Å². The molecule has 0 aromatic heterocycles. The Morgan fingerprint density at radius 1 is 1.31 bits per heavy atom. The van der Waals surface area contributed by atoms with Crippen molar-refractivity contribution < 1.29 is 4.21 Å². The largest absolute Gasteiger partial charge is 0.254 e. The molecular weight excluding hydrogens is 180 g/mol. The molecule has 0 fully saturated rings. The summed E-state index contributed by atoms with van der Waals surface area (Å²) in [6, 6.07) is 9.58. The minimum atomic E-state index is -0.833. The van der Waals surface area contributed by atoms with Gasteiger partial charge in [-0.3, -0.25) is 4.21 Å². The molecule has 1 atom stereocenters. The Bertz CT molecular complexity index is 279. The SMILES string of the molecule is C=CCCCS(=O)c1ccccc1. The van der Waals surface area contributed by atoms with E-state index in [0.29, 0.717) is 0 Å². The standard InChI is InChI=1S/C11H14OS/c1-2-3-7-10-13(12)11-8-5-4-6-9-11/h2,4-6,8-9H,1,3,7,10H2. The molecule has 2 heteroatoms. The zero-order valence-electron chi connectivity index (χ0n) is 7.61. The molecule has 0 N–H and O–H groups in total. The maximum Gasteiger partial charge on any atom is 0.0529 e. The molecule has 0 radical (unpaired) electrons. The van der Waals surface area contributed by atoms with Gasteiger partial charge in [-0.15, -0.1) is 6.58 Å². The Hall–Kier alpha value is -0.890. The Kier molecular flexibility index (Phi) is 4.47. The van der Waals surface area contributed by atoms with Crippen LogP contribution in [0, 0.1) is 0 Å². The second-order valence-electron chi connectivity index (χ2n) is 2.79. The van der Waals surface area contributed by atoms with E-state index in [2.05, 4.69) is 6.58 Å². The average Bonchev–Trinajstić information content (AvgIpc) is 2.19. The van der Waals surface area contributed by atoms with Crippen molar-refractivity contribution >= 4 is 10.8 Å². The summed E-state index contributed by atoms with van der Waals surface area (Å²) in [6.45, 7) is 3.63. The molecule has 1 rings (SSSR count). The molecule has 1 aromatic carbocycles. The van der Waals surface area contributed by atoms with Crippen LogP contribution < -0.4 is 0 Å². The first kappa shape index (κ1) is 10.2. The van der Waals surface area contributed by atoms with Crippen molar-refractivity contribution in [1.29, 1.82) is 0 Å². The molecule has 0 saturated carbocycles. The van der Waals surface area contributed by atoms with Crippen LogP contribution in [-0.2, 0) is 10.8 Å². The molecule has 70 valence electrons. The molecule has 0 spiro atoms. The normalized spacial score (nSPS) is 12.3. The molecule has 1 unspecified atom stereocenters. The van der Waals surface area contributed by atoms with Crippen LogP contribution in [0.15, 0.2) is 47.9 Å². The Morgan fingerprint density at radius 3 is 2.62 bits per heavy atom. The summed E-state index contributed by atoms with van der Waals surface area (Å²) in [5.74, 6) is 0.732. The van der Waals surface area contributed by atoms with Gasteiger partial charge >= 0.3 is 0 Å². The summed E-state index contributed by atoms with van der Waals surface area (Å²) in [5, 5.41) is 0. The molecule has 0 bridgehead atoms. The van der Waals surface area contributed by atoms with Gasteiger partial charge in [-0.2, -0.15) is 0 Å². The number of benzene rings is 1. The maximum absolute atomic E-state index is 11.6. The second-order valence-corrected chi connectivity index (χ2v) is 4.36. The highest BCUT2D eigenvalue weighted by Gasteiger charge is 2.00. The fourth-order valence-corrected chi connectivity index (χ4v) is 2.17. The summed E-state index contributed by atoms with van der Waals surface area (Å²) in [7, 11) is -0.833. The van der Waals surface area contributed by atoms with E-state index >= 15 is 0 Å². The number of allylic oxidation sites excluding steroid dienone is 1. The van der Waals surface area contributed by atoms with Crippen molar-refractivity contribution in [2.45, 2.75) is 17.7 Å². The van der Waals surface area contributed by atoms with E-state index in [-0.39, 0.29) is 0 Å². The van der Waals surface area contributed by atoms with Gasteiger partial charge in [-0.05, 0) is 25.0 Å². The molecule has 1 aromatic rings. The van der Waals surface area contributed by atoms with Crippen molar-refractivity contribution in [1.82, 2.24) is 0 Å². The summed E-state index contributed by atoms with van der Waals surface area (Å²) in [4.78, 5) is 0.923. The van der Waals surface area contributed by atoms with E-state index in [1.165, 1.54) is 0 Å². The zero-order valence-corrected chi connectivity index (χ0v) is 8.43. The average molecular weight is 194 g/mol. The summed E-state index contributed by atoms with van der Waals surface area (Å²) in [5.41, 5.74) is 0. The quantitative estimate of drug-likeness (QED) is 0.520. The van der Waals surface area contributed by atoms with E-state index in [9.17, 15) is 4.21 Å². The van der Waals surface area contributed by atoms with Crippen molar-refractivity contribution in [3.63, 3.8) is 0 Å². The number of unbranched alkanes of at least 4 members (excludes halogenated alkanes) is 1. The molecule has 0 amide bonds. The van der Waals surface area contributed by atoms with Crippen molar-refractivity contribution in [2.24, 2.45) is 0 Å². The highest BCUT2D eigenvalue weighted by molar-refractivity contribution is 7.85.